The van der Waals surface area contributed by atoms with Gasteiger partial charge in [0.2, 0.25) is 5.91 Å². The summed E-state index contributed by atoms with van der Waals surface area (Å²) in [6, 6.07) is -0.0465. The van der Waals surface area contributed by atoms with Crippen LogP contribution in [0.25, 0.3) is 0 Å². The van der Waals surface area contributed by atoms with Crippen LogP contribution in [0.2, 0.25) is 0 Å². The van der Waals surface area contributed by atoms with Gasteiger partial charge in [-0.25, -0.2) is 0 Å². The number of hydrogen-bond donors (Lipinski definition) is 3. The van der Waals surface area contributed by atoms with Gasteiger partial charge in [-0.1, -0.05) is 57.0 Å². The van der Waals surface area contributed by atoms with Gasteiger partial charge in [0.25, 0.3) is 0 Å². The summed E-state index contributed by atoms with van der Waals surface area (Å²) in [4.78, 5) is 16.0. The largest absolute Gasteiger partial charge is 0.341 e. The van der Waals surface area contributed by atoms with Gasteiger partial charge in [-0.3, -0.25) is 10.1 Å². The predicted molar refractivity (Wildman–Crippen MR) is 144 cm³/mol. The molecule has 5 nitrogen and oxygen atoms in total. The van der Waals surface area contributed by atoms with E-state index in [2.05, 4.69) is 60.7 Å². The number of likely N-dealkylation sites (tertiary alicyclic amines) is 1. The Morgan fingerprint density at radius 2 is 1.91 bits per heavy atom. The molecule has 0 saturated carbocycles. The number of hydrogen-bond acceptors (Lipinski definition) is 4. The topological polar surface area (TPSA) is 56.4 Å². The summed E-state index contributed by atoms with van der Waals surface area (Å²) in [5.41, 5.74) is 1.62. The normalized spacial score (nSPS) is 31.6. The van der Waals surface area contributed by atoms with Gasteiger partial charge >= 0.3 is 0 Å². The first-order valence-corrected chi connectivity index (χ1v) is 14.0. The van der Waals surface area contributed by atoms with E-state index in [-0.39, 0.29) is 40.9 Å². The zero-order valence-corrected chi connectivity index (χ0v) is 23.5. The molecule has 7 heteroatoms. The highest BCUT2D eigenvalue weighted by Gasteiger charge is 2.42. The van der Waals surface area contributed by atoms with Gasteiger partial charge in [-0.15, -0.1) is 11.6 Å². The molecule has 6 atom stereocenters. The number of nitrogens with zero attached hydrogens (tertiary/aromatic N) is 1. The first-order chi connectivity index (χ1) is 16.1. The van der Waals surface area contributed by atoms with E-state index in [0.717, 1.165) is 56.6 Å². The quantitative estimate of drug-likeness (QED) is 0.247. The molecule has 0 bridgehead atoms. The average molecular weight is 514 g/mol. The third-order valence-corrected chi connectivity index (χ3v) is 8.98. The monoisotopic (exact) mass is 512 g/mol. The molecule has 3 aliphatic rings. The number of alkyl halides is 1. The van der Waals surface area contributed by atoms with E-state index in [4.69, 9.17) is 23.2 Å². The van der Waals surface area contributed by atoms with Crippen molar-refractivity contribution in [1.29, 1.82) is 0 Å². The van der Waals surface area contributed by atoms with Crippen LogP contribution in [0.4, 0.5) is 0 Å². The molecule has 3 N–H and O–H groups in total. The maximum absolute atomic E-state index is 13.8. The summed E-state index contributed by atoms with van der Waals surface area (Å²) in [7, 11) is 3.95. The highest BCUT2D eigenvalue weighted by Crippen LogP contribution is 2.43. The summed E-state index contributed by atoms with van der Waals surface area (Å²) in [5, 5.41) is 11.8. The molecular formula is C27H46Cl2N4O. The third kappa shape index (κ3) is 6.59. The Balaban J connectivity index is 1.70. The molecular weight excluding hydrogens is 467 g/mol. The van der Waals surface area contributed by atoms with Crippen molar-refractivity contribution in [2.75, 3.05) is 27.2 Å². The van der Waals surface area contributed by atoms with Crippen molar-refractivity contribution in [2.45, 2.75) is 89.8 Å². The molecule has 194 valence electrons. The number of rotatable bonds is 8. The molecule has 1 fully saturated rings. The molecule has 1 heterocycles. The van der Waals surface area contributed by atoms with Gasteiger partial charge in [-0.05, 0) is 69.9 Å². The first kappa shape index (κ1) is 28.0. The van der Waals surface area contributed by atoms with Crippen molar-refractivity contribution in [2.24, 2.45) is 23.2 Å². The molecule has 0 spiro atoms. The van der Waals surface area contributed by atoms with Crippen LogP contribution in [0.1, 0.15) is 66.2 Å². The molecule has 3 unspecified atom stereocenters. The first-order valence-electron chi connectivity index (χ1n) is 13.2. The summed E-state index contributed by atoms with van der Waals surface area (Å²) in [5.74, 6) is 1.27. The van der Waals surface area contributed by atoms with Crippen molar-refractivity contribution in [3.8, 4) is 0 Å². The second-order valence-corrected chi connectivity index (χ2v) is 12.6. The fraction of sp³-hybridized carbons (Fsp3) is 0.815. The van der Waals surface area contributed by atoms with E-state index in [1.165, 1.54) is 0 Å². The van der Waals surface area contributed by atoms with Gasteiger partial charge in [0, 0.05) is 35.5 Å². The molecule has 1 aliphatic heterocycles. The zero-order chi connectivity index (χ0) is 25.0. The summed E-state index contributed by atoms with van der Waals surface area (Å²) >= 11 is 12.7. The fourth-order valence-corrected chi connectivity index (χ4v) is 6.73. The SMILES string of the molecule is CNC1C=C(Cl)CC[C@H]1C(NC)N[C@@H](C(=O)N1CCC(C2=CC[C@H](Cl)CC2)C(C)(C)C1)C(C)C. The maximum Gasteiger partial charge on any atom is 0.240 e. The number of amides is 1. The highest BCUT2D eigenvalue weighted by atomic mass is 35.5. The minimum atomic E-state index is -0.227. The molecule has 1 amide bonds. The average Bonchev–Trinajstić information content (AvgIpc) is 2.79. The Kier molecular flexibility index (Phi) is 9.96. The van der Waals surface area contributed by atoms with Crippen molar-refractivity contribution in [3.63, 3.8) is 0 Å². The Labute approximate surface area is 217 Å². The summed E-state index contributed by atoms with van der Waals surface area (Å²) in [6.07, 6.45) is 10.6. The smallest absolute Gasteiger partial charge is 0.240 e. The lowest BCUT2D eigenvalue weighted by atomic mass is 9.68. The van der Waals surface area contributed by atoms with Crippen molar-refractivity contribution in [1.82, 2.24) is 20.9 Å². The Hall–Kier alpha value is -0.590. The lowest BCUT2D eigenvalue weighted by Crippen LogP contribution is -2.62. The molecule has 0 aromatic heterocycles. The van der Waals surface area contributed by atoms with Crippen LogP contribution in [0.5, 0.6) is 0 Å². The second-order valence-electron chi connectivity index (χ2n) is 11.5. The van der Waals surface area contributed by atoms with Crippen molar-refractivity contribution < 1.29 is 4.79 Å². The van der Waals surface area contributed by atoms with Crippen LogP contribution in [-0.2, 0) is 4.79 Å². The number of nitrogens with one attached hydrogen (secondary N) is 3. The minimum Gasteiger partial charge on any atom is -0.341 e. The van der Waals surface area contributed by atoms with E-state index >= 15 is 0 Å². The van der Waals surface area contributed by atoms with Crippen LogP contribution in [0, 0.1) is 23.2 Å². The van der Waals surface area contributed by atoms with E-state index < -0.39 is 0 Å². The molecule has 34 heavy (non-hydrogen) atoms. The van der Waals surface area contributed by atoms with Gasteiger partial charge in [-0.2, -0.15) is 0 Å². The van der Waals surface area contributed by atoms with Crippen LogP contribution in [-0.4, -0.2) is 61.6 Å². The molecule has 0 aromatic rings. The molecule has 3 rings (SSSR count). The number of halogens is 2. The second kappa shape index (κ2) is 12.1. The number of carbonyl (C=O) groups excluding carboxylic acids is 1. The van der Waals surface area contributed by atoms with E-state index in [9.17, 15) is 4.79 Å². The zero-order valence-electron chi connectivity index (χ0n) is 22.0. The van der Waals surface area contributed by atoms with E-state index in [1.54, 1.807) is 5.57 Å². The molecule has 1 saturated heterocycles. The van der Waals surface area contributed by atoms with Crippen LogP contribution in [0.15, 0.2) is 22.8 Å². The molecule has 0 radical (unpaired) electrons. The third-order valence-electron chi connectivity index (χ3n) is 8.27. The van der Waals surface area contributed by atoms with Crippen molar-refractivity contribution >= 4 is 29.1 Å². The number of likely N-dealkylation sites (N-methyl/N-ethyl adjacent to an activating group) is 1. The Morgan fingerprint density at radius 1 is 1.18 bits per heavy atom. The molecule has 0 aromatic carbocycles. The Bertz CT molecular complexity index is 766. The van der Waals surface area contributed by atoms with Gasteiger partial charge < -0.3 is 15.5 Å². The van der Waals surface area contributed by atoms with Gasteiger partial charge in [0.15, 0.2) is 0 Å². The number of carbonyl (C=O) groups is 1. The van der Waals surface area contributed by atoms with Crippen LogP contribution >= 0.6 is 23.2 Å². The lowest BCUT2D eigenvalue weighted by molar-refractivity contribution is -0.139. The fourth-order valence-electron chi connectivity index (χ4n) is 6.29. The van der Waals surface area contributed by atoms with Crippen molar-refractivity contribution in [3.05, 3.63) is 22.8 Å². The van der Waals surface area contributed by atoms with Gasteiger partial charge in [0.1, 0.15) is 0 Å². The summed E-state index contributed by atoms with van der Waals surface area (Å²) in [6.45, 7) is 10.6. The maximum atomic E-state index is 13.8. The standard InChI is InChI=1S/C27H46Cl2N4O/c1-17(2)24(32-25(31-6)21-12-11-20(29)15-23(21)30-5)26(34)33-14-13-22(27(3,4)16-33)18-7-9-19(28)10-8-18/h7,15,17,19,21-25,30-32H,8-14,16H2,1-6H3/t19-,21+,22?,23?,24+,25?/m0/s1. The number of piperidine rings is 1. The Morgan fingerprint density at radius 3 is 2.47 bits per heavy atom. The highest BCUT2D eigenvalue weighted by molar-refractivity contribution is 6.29. The minimum absolute atomic E-state index is 0.0243. The van der Waals surface area contributed by atoms with E-state index in [0.29, 0.717) is 11.8 Å². The predicted octanol–water partition coefficient (Wildman–Crippen LogP) is 4.86. The molecule has 2 aliphatic carbocycles. The van der Waals surface area contributed by atoms with E-state index in [1.807, 2.05) is 14.1 Å². The van der Waals surface area contributed by atoms with Crippen LogP contribution < -0.4 is 16.0 Å². The summed E-state index contributed by atoms with van der Waals surface area (Å²) < 4.78 is 0. The van der Waals surface area contributed by atoms with Crippen LogP contribution in [0.3, 0.4) is 0 Å². The number of allylic oxidation sites excluding steroid dienone is 3. The van der Waals surface area contributed by atoms with Gasteiger partial charge in [0.05, 0.1) is 12.2 Å². The lowest BCUT2D eigenvalue weighted by Gasteiger charge is -2.47.